The van der Waals surface area contributed by atoms with E-state index in [2.05, 4.69) is 0 Å². The van der Waals surface area contributed by atoms with Crippen LogP contribution in [0.25, 0.3) is 0 Å². The van der Waals surface area contributed by atoms with Crippen LogP contribution in [-0.2, 0) is 11.3 Å². The molecule has 94 valence electrons. The molecule has 0 amide bonds. The molecule has 1 aromatic rings. The zero-order valence-corrected chi connectivity index (χ0v) is 9.34. The minimum atomic E-state index is -0.985. The number of H-pyrrole nitrogens is 1. The van der Waals surface area contributed by atoms with Crippen molar-refractivity contribution in [3.8, 4) is 0 Å². The van der Waals surface area contributed by atoms with E-state index in [1.54, 1.807) is 0 Å². The van der Waals surface area contributed by atoms with Gasteiger partial charge < -0.3 is 4.74 Å². The van der Waals surface area contributed by atoms with E-state index in [1.165, 1.54) is 0 Å². The van der Waals surface area contributed by atoms with Gasteiger partial charge in [0.25, 0.3) is 0 Å². The van der Waals surface area contributed by atoms with E-state index in [0.717, 1.165) is 10.8 Å². The normalized spacial score (nSPS) is 10.4. The molecule has 0 atom stereocenters. The number of rotatable bonds is 6. The summed E-state index contributed by atoms with van der Waals surface area (Å²) in [4.78, 5) is 34.0. The summed E-state index contributed by atoms with van der Waals surface area (Å²) in [5.74, 6) is 0. The molecule has 1 heterocycles. The highest BCUT2D eigenvalue weighted by molar-refractivity contribution is 5.20. The molecule has 0 saturated carbocycles. The van der Waals surface area contributed by atoms with Crippen molar-refractivity contribution >= 4 is 5.69 Å². The number of nitrogens with one attached hydrogen (secondary N) is 1. The quantitative estimate of drug-likeness (QED) is 0.425. The van der Waals surface area contributed by atoms with E-state index in [0.29, 0.717) is 19.6 Å². The number of ether oxygens (including phenoxy) is 1. The zero-order chi connectivity index (χ0) is 12.8. The second-order valence-corrected chi connectivity index (χ2v) is 3.27. The van der Waals surface area contributed by atoms with Gasteiger partial charge >= 0.3 is 16.9 Å². The molecule has 1 rings (SSSR count). The molecule has 0 unspecified atom stereocenters. The Hall–Kier alpha value is -1.96. The number of hydrogen-bond acceptors (Lipinski definition) is 5. The van der Waals surface area contributed by atoms with Crippen molar-refractivity contribution in [2.75, 3.05) is 13.2 Å². The number of hydrogen-bond donors (Lipinski definition) is 1. The molecular formula is C9H13N3O5. The Morgan fingerprint density at radius 2 is 2.24 bits per heavy atom. The third kappa shape index (κ3) is 3.52. The summed E-state index contributed by atoms with van der Waals surface area (Å²) in [6, 6.07) is 0. The Bertz CT molecular complexity index is 504. The van der Waals surface area contributed by atoms with Crippen LogP contribution in [0.2, 0.25) is 0 Å². The van der Waals surface area contributed by atoms with Gasteiger partial charge in [-0.2, -0.15) is 0 Å². The van der Waals surface area contributed by atoms with Crippen molar-refractivity contribution in [1.82, 2.24) is 9.55 Å². The van der Waals surface area contributed by atoms with Gasteiger partial charge in [0.15, 0.2) is 0 Å². The molecule has 0 aliphatic heterocycles. The zero-order valence-electron chi connectivity index (χ0n) is 9.34. The van der Waals surface area contributed by atoms with E-state index < -0.39 is 21.9 Å². The van der Waals surface area contributed by atoms with E-state index in [4.69, 9.17) is 4.74 Å². The molecule has 17 heavy (non-hydrogen) atoms. The Morgan fingerprint density at radius 3 is 2.82 bits per heavy atom. The molecule has 1 aromatic heterocycles. The molecule has 0 radical (unpaired) electrons. The molecule has 0 aromatic carbocycles. The Morgan fingerprint density at radius 1 is 1.53 bits per heavy atom. The van der Waals surface area contributed by atoms with Crippen molar-refractivity contribution < 1.29 is 9.66 Å². The first-order valence-electron chi connectivity index (χ1n) is 5.12. The van der Waals surface area contributed by atoms with Crippen LogP contribution in [0.15, 0.2) is 15.8 Å². The Labute approximate surface area is 96.0 Å². The van der Waals surface area contributed by atoms with Gasteiger partial charge in [0.1, 0.15) is 0 Å². The summed E-state index contributed by atoms with van der Waals surface area (Å²) in [5.41, 5.74) is -2.28. The van der Waals surface area contributed by atoms with Gasteiger partial charge in [-0.3, -0.25) is 24.5 Å². The fourth-order valence-corrected chi connectivity index (χ4v) is 1.28. The van der Waals surface area contributed by atoms with E-state index >= 15 is 0 Å². The van der Waals surface area contributed by atoms with Crippen LogP contribution in [-0.4, -0.2) is 27.7 Å². The van der Waals surface area contributed by atoms with Crippen LogP contribution in [0.1, 0.15) is 13.3 Å². The Balaban J connectivity index is 2.85. The van der Waals surface area contributed by atoms with E-state index in [1.807, 2.05) is 11.9 Å². The molecule has 8 nitrogen and oxygen atoms in total. The topological polar surface area (TPSA) is 107 Å². The minimum Gasteiger partial charge on any atom is -0.382 e. The molecule has 0 aliphatic carbocycles. The van der Waals surface area contributed by atoms with Crippen LogP contribution in [0, 0.1) is 10.1 Å². The lowest BCUT2D eigenvalue weighted by Crippen LogP contribution is -2.31. The molecule has 0 bridgehead atoms. The molecule has 0 aliphatic rings. The van der Waals surface area contributed by atoms with Crippen molar-refractivity contribution in [3.05, 3.63) is 37.1 Å². The summed E-state index contributed by atoms with van der Waals surface area (Å²) in [6.45, 7) is 3.13. The highest BCUT2D eigenvalue weighted by atomic mass is 16.6. The SMILES string of the molecule is CCOCCCn1cc([N+](=O)[O-])c(=O)[nH]c1=O. The number of aromatic amines is 1. The molecular weight excluding hydrogens is 230 g/mol. The molecule has 0 spiro atoms. The summed E-state index contributed by atoms with van der Waals surface area (Å²) >= 11 is 0. The lowest BCUT2D eigenvalue weighted by molar-refractivity contribution is -0.386. The van der Waals surface area contributed by atoms with Gasteiger partial charge in [0.05, 0.1) is 11.1 Å². The molecule has 1 N–H and O–H groups in total. The van der Waals surface area contributed by atoms with Gasteiger partial charge in [0, 0.05) is 19.8 Å². The molecule has 0 fully saturated rings. The average molecular weight is 243 g/mol. The van der Waals surface area contributed by atoms with Crippen LogP contribution in [0.4, 0.5) is 5.69 Å². The highest BCUT2D eigenvalue weighted by Gasteiger charge is 2.14. The van der Waals surface area contributed by atoms with Crippen molar-refractivity contribution in [2.45, 2.75) is 19.9 Å². The fourth-order valence-electron chi connectivity index (χ4n) is 1.28. The smallest absolute Gasteiger partial charge is 0.350 e. The predicted molar refractivity (Wildman–Crippen MR) is 59.1 cm³/mol. The standard InChI is InChI=1S/C9H13N3O5/c1-2-17-5-3-4-11-6-7(12(15)16)8(13)10-9(11)14/h6H,2-5H2,1H3,(H,10,13,14). The summed E-state index contributed by atoms with van der Waals surface area (Å²) in [5, 5.41) is 10.5. The van der Waals surface area contributed by atoms with Gasteiger partial charge in [-0.25, -0.2) is 4.79 Å². The van der Waals surface area contributed by atoms with E-state index in [-0.39, 0.29) is 6.54 Å². The lowest BCUT2D eigenvalue weighted by atomic mass is 10.4. The van der Waals surface area contributed by atoms with Gasteiger partial charge in [-0.1, -0.05) is 0 Å². The van der Waals surface area contributed by atoms with Gasteiger partial charge in [0.2, 0.25) is 0 Å². The monoisotopic (exact) mass is 243 g/mol. The van der Waals surface area contributed by atoms with Gasteiger partial charge in [-0.15, -0.1) is 0 Å². The maximum Gasteiger partial charge on any atom is 0.350 e. The van der Waals surface area contributed by atoms with Crippen molar-refractivity contribution in [1.29, 1.82) is 0 Å². The number of nitrogens with zero attached hydrogens (tertiary/aromatic N) is 2. The van der Waals surface area contributed by atoms with Gasteiger partial charge in [-0.05, 0) is 13.3 Å². The Kier molecular flexibility index (Phi) is 4.58. The maximum atomic E-state index is 11.3. The number of aromatic nitrogens is 2. The largest absolute Gasteiger partial charge is 0.382 e. The molecule has 0 saturated heterocycles. The van der Waals surface area contributed by atoms with Crippen molar-refractivity contribution in [2.24, 2.45) is 0 Å². The first-order valence-corrected chi connectivity index (χ1v) is 5.12. The second kappa shape index (κ2) is 5.94. The average Bonchev–Trinajstić information content (AvgIpc) is 2.26. The fraction of sp³-hybridized carbons (Fsp3) is 0.556. The number of aryl methyl sites for hydroxylation is 1. The highest BCUT2D eigenvalue weighted by Crippen LogP contribution is 1.99. The third-order valence-corrected chi connectivity index (χ3v) is 2.08. The third-order valence-electron chi connectivity index (χ3n) is 2.08. The first kappa shape index (κ1) is 13.1. The van der Waals surface area contributed by atoms with Crippen LogP contribution in [0.3, 0.4) is 0 Å². The predicted octanol–water partition coefficient (Wildman–Crippen LogP) is -0.129. The first-order chi connectivity index (χ1) is 8.06. The van der Waals surface area contributed by atoms with Crippen LogP contribution >= 0.6 is 0 Å². The molecule has 8 heteroatoms. The van der Waals surface area contributed by atoms with Crippen molar-refractivity contribution in [3.63, 3.8) is 0 Å². The maximum absolute atomic E-state index is 11.3. The van der Waals surface area contributed by atoms with E-state index in [9.17, 15) is 19.7 Å². The summed E-state index contributed by atoms with van der Waals surface area (Å²) in [7, 11) is 0. The summed E-state index contributed by atoms with van der Waals surface area (Å²) < 4.78 is 6.17. The second-order valence-electron chi connectivity index (χ2n) is 3.27. The van der Waals surface area contributed by atoms with Crippen LogP contribution < -0.4 is 11.2 Å². The number of nitro groups is 1. The summed E-state index contributed by atoms with van der Waals surface area (Å²) in [6.07, 6.45) is 1.49. The lowest BCUT2D eigenvalue weighted by Gasteiger charge is -2.04. The minimum absolute atomic E-state index is 0.260. The van der Waals surface area contributed by atoms with Crippen LogP contribution in [0.5, 0.6) is 0 Å².